The number of rotatable bonds is 5. The SMILES string of the molecule is C=C/C(=C\B=C/C)NC(=C)CI. The quantitative estimate of drug-likeness (QED) is 0.350. The van der Waals surface area contributed by atoms with E-state index in [1.165, 1.54) is 0 Å². The van der Waals surface area contributed by atoms with E-state index >= 15 is 0 Å². The van der Waals surface area contributed by atoms with E-state index in [0.29, 0.717) is 0 Å². The Morgan fingerprint density at radius 1 is 1.67 bits per heavy atom. The molecule has 0 bridgehead atoms. The van der Waals surface area contributed by atoms with Crippen molar-refractivity contribution in [3.05, 3.63) is 36.6 Å². The normalized spacial score (nSPS) is 11.0. The van der Waals surface area contributed by atoms with E-state index in [4.69, 9.17) is 0 Å². The number of hydrogen-bond donors (Lipinski definition) is 1. The fraction of sp³-hybridized carbons (Fsp3) is 0.222. The van der Waals surface area contributed by atoms with Crippen molar-refractivity contribution in [3.63, 3.8) is 0 Å². The van der Waals surface area contributed by atoms with E-state index in [0.717, 1.165) is 15.8 Å². The molecule has 0 aliphatic heterocycles. The van der Waals surface area contributed by atoms with E-state index in [9.17, 15) is 0 Å². The van der Waals surface area contributed by atoms with Crippen molar-refractivity contribution in [2.75, 3.05) is 4.43 Å². The monoisotopic (exact) mass is 273 g/mol. The predicted molar refractivity (Wildman–Crippen MR) is 66.9 cm³/mol. The van der Waals surface area contributed by atoms with Crippen molar-refractivity contribution < 1.29 is 0 Å². The van der Waals surface area contributed by atoms with Crippen molar-refractivity contribution in [2.24, 2.45) is 0 Å². The standard InChI is InChI=1S/C9H13BIN/c1-4-9(6-10-5-2)12-8(3)7-11/h4-6,12H,1,3,7H2,2H3/b9-6+. The summed E-state index contributed by atoms with van der Waals surface area (Å²) in [5, 5.41) is 3.14. The minimum absolute atomic E-state index is 0.902. The summed E-state index contributed by atoms with van der Waals surface area (Å²) in [7, 11) is 0. The van der Waals surface area contributed by atoms with Gasteiger partial charge in [0.15, 0.2) is 0 Å². The Balaban J connectivity index is 4.17. The van der Waals surface area contributed by atoms with Crippen LogP contribution in [0.3, 0.4) is 0 Å². The second-order valence-corrected chi connectivity index (χ2v) is 2.98. The van der Waals surface area contributed by atoms with Gasteiger partial charge in [0.25, 0.3) is 0 Å². The van der Waals surface area contributed by atoms with Gasteiger partial charge in [-0.25, -0.2) is 0 Å². The van der Waals surface area contributed by atoms with Gasteiger partial charge in [0.2, 0.25) is 0 Å². The molecule has 0 spiro atoms. The average Bonchev–Trinajstić information content (AvgIpc) is 2.11. The third kappa shape index (κ3) is 5.35. The molecule has 12 heavy (non-hydrogen) atoms. The van der Waals surface area contributed by atoms with Crippen LogP contribution in [-0.2, 0) is 0 Å². The molecule has 0 aliphatic carbocycles. The zero-order valence-corrected chi connectivity index (χ0v) is 9.47. The van der Waals surface area contributed by atoms with Gasteiger partial charge in [-0.2, -0.15) is 0 Å². The third-order valence-electron chi connectivity index (χ3n) is 1.17. The van der Waals surface area contributed by atoms with Crippen LogP contribution in [0.1, 0.15) is 6.92 Å². The number of nitrogens with one attached hydrogen (secondary N) is 1. The van der Waals surface area contributed by atoms with Crippen molar-refractivity contribution in [3.8, 4) is 0 Å². The van der Waals surface area contributed by atoms with Gasteiger partial charge in [-0.1, -0.05) is 0 Å². The molecule has 0 aromatic carbocycles. The Bertz CT molecular complexity index is 219. The van der Waals surface area contributed by atoms with Crippen LogP contribution in [0.4, 0.5) is 0 Å². The Hall–Kier alpha value is -0.315. The first-order valence-electron chi connectivity index (χ1n) is 3.70. The number of alkyl halides is 1. The molecule has 64 valence electrons. The number of halogens is 1. The summed E-state index contributed by atoms with van der Waals surface area (Å²) in [6.45, 7) is 11.5. The number of hydrogen-bond acceptors (Lipinski definition) is 1. The van der Waals surface area contributed by atoms with Gasteiger partial charge in [-0.3, -0.25) is 0 Å². The molecule has 3 heteroatoms. The maximum absolute atomic E-state index is 3.84. The molecule has 0 atom stereocenters. The Morgan fingerprint density at radius 3 is 2.75 bits per heavy atom. The molecule has 0 saturated carbocycles. The summed E-state index contributed by atoms with van der Waals surface area (Å²) in [4.78, 5) is 0. The van der Waals surface area contributed by atoms with Crippen LogP contribution >= 0.6 is 22.6 Å². The second-order valence-electron chi connectivity index (χ2n) is 2.21. The molecule has 0 aromatic rings. The molecule has 0 aromatic heterocycles. The average molecular weight is 273 g/mol. The first-order valence-corrected chi connectivity index (χ1v) is 5.23. The van der Waals surface area contributed by atoms with E-state index < -0.39 is 0 Å². The molecular formula is C9H13BIN. The molecule has 0 amide bonds. The van der Waals surface area contributed by atoms with Gasteiger partial charge in [0.05, 0.1) is 0 Å². The molecular weight excluding hydrogens is 260 g/mol. The Labute approximate surface area is 88.7 Å². The van der Waals surface area contributed by atoms with E-state index in [1.54, 1.807) is 6.08 Å². The van der Waals surface area contributed by atoms with Crippen LogP contribution < -0.4 is 5.32 Å². The van der Waals surface area contributed by atoms with Crippen LogP contribution in [0.2, 0.25) is 0 Å². The predicted octanol–water partition coefficient (Wildman–Crippen LogP) is 2.08. The zero-order valence-electron chi connectivity index (χ0n) is 7.31. The first-order chi connectivity index (χ1) is 5.74. The summed E-state index contributed by atoms with van der Waals surface area (Å²) >= 11 is 2.26. The van der Waals surface area contributed by atoms with Crippen molar-refractivity contribution in [2.45, 2.75) is 6.92 Å². The molecule has 0 heterocycles. The zero-order chi connectivity index (χ0) is 9.40. The van der Waals surface area contributed by atoms with Gasteiger partial charge in [0.1, 0.15) is 0 Å². The molecule has 0 aliphatic rings. The van der Waals surface area contributed by atoms with Crippen LogP contribution in [0.15, 0.2) is 36.6 Å². The van der Waals surface area contributed by atoms with Gasteiger partial charge in [-0.15, -0.1) is 0 Å². The molecule has 1 nitrogen and oxygen atoms in total. The van der Waals surface area contributed by atoms with Crippen LogP contribution in [0.5, 0.6) is 0 Å². The minimum atomic E-state index is 0.902. The molecule has 0 fully saturated rings. The second kappa shape index (κ2) is 7.34. The Kier molecular flexibility index (Phi) is 7.15. The van der Waals surface area contributed by atoms with E-state index in [1.807, 2.05) is 25.8 Å². The van der Waals surface area contributed by atoms with Crippen LogP contribution in [0.25, 0.3) is 0 Å². The van der Waals surface area contributed by atoms with Crippen molar-refractivity contribution >= 4 is 35.5 Å². The summed E-state index contributed by atoms with van der Waals surface area (Å²) in [6.07, 6.45) is 1.78. The van der Waals surface area contributed by atoms with Crippen molar-refractivity contribution in [1.29, 1.82) is 0 Å². The molecule has 1 N–H and O–H groups in total. The summed E-state index contributed by atoms with van der Waals surface area (Å²) in [5.74, 6) is 3.93. The molecule has 0 saturated heterocycles. The van der Waals surface area contributed by atoms with Crippen LogP contribution in [0, 0.1) is 0 Å². The van der Waals surface area contributed by atoms with Crippen molar-refractivity contribution in [1.82, 2.24) is 5.32 Å². The van der Waals surface area contributed by atoms with Gasteiger partial charge >= 0.3 is 88.7 Å². The fourth-order valence-corrected chi connectivity index (χ4v) is 0.789. The topological polar surface area (TPSA) is 12.0 Å². The number of allylic oxidation sites excluding steroid dienone is 2. The van der Waals surface area contributed by atoms with Gasteiger partial charge in [0, 0.05) is 0 Å². The van der Waals surface area contributed by atoms with Gasteiger partial charge in [-0.05, 0) is 0 Å². The van der Waals surface area contributed by atoms with E-state index in [2.05, 4.69) is 41.1 Å². The van der Waals surface area contributed by atoms with Crippen LogP contribution in [-0.4, -0.2) is 17.3 Å². The third-order valence-corrected chi connectivity index (χ3v) is 2.09. The van der Waals surface area contributed by atoms with Gasteiger partial charge < -0.3 is 0 Å². The molecule has 0 radical (unpaired) electrons. The molecule has 0 rings (SSSR count). The summed E-state index contributed by atoms with van der Waals surface area (Å²) < 4.78 is 0.902. The summed E-state index contributed by atoms with van der Waals surface area (Å²) in [5.41, 5.74) is 1.97. The Morgan fingerprint density at radius 2 is 2.33 bits per heavy atom. The maximum atomic E-state index is 3.84. The van der Waals surface area contributed by atoms with E-state index in [-0.39, 0.29) is 0 Å². The molecule has 0 unspecified atom stereocenters. The summed E-state index contributed by atoms with van der Waals surface area (Å²) in [6, 6.07) is 0. The first kappa shape index (κ1) is 11.7. The fourth-order valence-electron chi connectivity index (χ4n) is 0.598.